The fourth-order valence-corrected chi connectivity index (χ4v) is 2.47. The van der Waals surface area contributed by atoms with Gasteiger partial charge in [0.25, 0.3) is 0 Å². The molecule has 0 bridgehead atoms. The average Bonchev–Trinajstić information content (AvgIpc) is 2.95. The normalized spacial score (nSPS) is 22.6. The quantitative estimate of drug-likeness (QED) is 0.778. The van der Waals surface area contributed by atoms with Crippen molar-refractivity contribution in [3.05, 3.63) is 0 Å². The van der Waals surface area contributed by atoms with E-state index in [0.29, 0.717) is 18.4 Å². The van der Waals surface area contributed by atoms with Gasteiger partial charge in [-0.15, -0.1) is 12.4 Å². The van der Waals surface area contributed by atoms with Gasteiger partial charge in [0.05, 0.1) is 0 Å². The van der Waals surface area contributed by atoms with Crippen LogP contribution in [0.4, 0.5) is 0 Å². The topological polar surface area (TPSA) is 55.1 Å². The molecule has 2 aliphatic rings. The molecule has 0 aliphatic heterocycles. The highest BCUT2D eigenvalue weighted by Crippen LogP contribution is 2.31. The summed E-state index contributed by atoms with van der Waals surface area (Å²) < 4.78 is 0. The van der Waals surface area contributed by atoms with Crippen LogP contribution in [0.3, 0.4) is 0 Å². The van der Waals surface area contributed by atoms with Gasteiger partial charge in [0.15, 0.2) is 0 Å². The molecule has 0 spiro atoms. The molecule has 2 rings (SSSR count). The van der Waals surface area contributed by atoms with Crippen LogP contribution in [0.2, 0.25) is 0 Å². The second-order valence-corrected chi connectivity index (χ2v) is 5.16. The molecule has 0 aromatic carbocycles. The molecule has 3 N–H and O–H groups in total. The lowest BCUT2D eigenvalue weighted by molar-refractivity contribution is -0.122. The second kappa shape index (κ2) is 6.45. The zero-order valence-corrected chi connectivity index (χ0v) is 10.6. The highest BCUT2D eigenvalue weighted by molar-refractivity contribution is 5.85. The molecule has 0 heterocycles. The van der Waals surface area contributed by atoms with E-state index in [9.17, 15) is 4.79 Å². The largest absolute Gasteiger partial charge is 0.355 e. The first-order valence-electron chi connectivity index (χ1n) is 6.28. The van der Waals surface area contributed by atoms with E-state index in [1.165, 1.54) is 38.5 Å². The number of rotatable bonds is 5. The van der Waals surface area contributed by atoms with Gasteiger partial charge in [0.2, 0.25) is 5.91 Å². The SMILES string of the molecule is Cl.NC(CNC(=O)CC1CCCC1)C1CC1. The van der Waals surface area contributed by atoms with Gasteiger partial charge >= 0.3 is 0 Å². The lowest BCUT2D eigenvalue weighted by Crippen LogP contribution is -2.38. The van der Waals surface area contributed by atoms with E-state index >= 15 is 0 Å². The molecule has 0 radical (unpaired) electrons. The lowest BCUT2D eigenvalue weighted by atomic mass is 10.0. The van der Waals surface area contributed by atoms with Crippen LogP contribution in [0.25, 0.3) is 0 Å². The molecule has 0 saturated heterocycles. The number of nitrogens with one attached hydrogen (secondary N) is 1. The first-order chi connectivity index (χ1) is 7.25. The van der Waals surface area contributed by atoms with Crippen LogP contribution < -0.4 is 11.1 Å². The minimum absolute atomic E-state index is 0. The number of nitrogens with two attached hydrogens (primary N) is 1. The third-order valence-corrected chi connectivity index (χ3v) is 3.71. The van der Waals surface area contributed by atoms with Crippen molar-refractivity contribution in [2.75, 3.05) is 6.54 Å². The molecule has 0 aromatic heterocycles. The maximum atomic E-state index is 11.6. The predicted molar refractivity (Wildman–Crippen MR) is 67.5 cm³/mol. The number of hydrogen-bond donors (Lipinski definition) is 2. The smallest absolute Gasteiger partial charge is 0.220 e. The maximum Gasteiger partial charge on any atom is 0.220 e. The zero-order chi connectivity index (χ0) is 10.7. The predicted octanol–water partition coefficient (Wildman–Crippen LogP) is 1.84. The Hall–Kier alpha value is -0.280. The van der Waals surface area contributed by atoms with E-state index in [-0.39, 0.29) is 24.4 Å². The monoisotopic (exact) mass is 246 g/mol. The zero-order valence-electron chi connectivity index (χ0n) is 9.78. The summed E-state index contributed by atoms with van der Waals surface area (Å²) in [6.07, 6.45) is 8.31. The van der Waals surface area contributed by atoms with Crippen molar-refractivity contribution in [1.29, 1.82) is 0 Å². The fraction of sp³-hybridized carbons (Fsp3) is 0.917. The van der Waals surface area contributed by atoms with Crippen LogP contribution in [0, 0.1) is 11.8 Å². The number of carbonyl (C=O) groups excluding carboxylic acids is 1. The minimum Gasteiger partial charge on any atom is -0.355 e. The molecule has 0 aromatic rings. The third-order valence-electron chi connectivity index (χ3n) is 3.71. The Morgan fingerprint density at radius 1 is 1.25 bits per heavy atom. The van der Waals surface area contributed by atoms with Gasteiger partial charge in [-0.3, -0.25) is 4.79 Å². The second-order valence-electron chi connectivity index (χ2n) is 5.16. The van der Waals surface area contributed by atoms with Crippen LogP contribution >= 0.6 is 12.4 Å². The Balaban J connectivity index is 0.00000128. The molecule has 2 saturated carbocycles. The minimum atomic E-state index is 0. The summed E-state index contributed by atoms with van der Waals surface area (Å²) in [5, 5.41) is 2.97. The summed E-state index contributed by atoms with van der Waals surface area (Å²) in [4.78, 5) is 11.6. The average molecular weight is 247 g/mol. The number of carbonyl (C=O) groups is 1. The van der Waals surface area contributed by atoms with Gasteiger partial charge in [0.1, 0.15) is 0 Å². The Morgan fingerprint density at radius 3 is 2.44 bits per heavy atom. The van der Waals surface area contributed by atoms with Crippen LogP contribution in [0.5, 0.6) is 0 Å². The van der Waals surface area contributed by atoms with Crippen molar-refractivity contribution in [3.63, 3.8) is 0 Å². The van der Waals surface area contributed by atoms with Crippen molar-refractivity contribution >= 4 is 18.3 Å². The molecular formula is C12H23ClN2O. The summed E-state index contributed by atoms with van der Waals surface area (Å²) in [6.45, 7) is 0.677. The number of halogens is 1. The lowest BCUT2D eigenvalue weighted by Gasteiger charge is -2.13. The molecule has 3 nitrogen and oxygen atoms in total. The van der Waals surface area contributed by atoms with Gasteiger partial charge in [-0.1, -0.05) is 12.8 Å². The first-order valence-corrected chi connectivity index (χ1v) is 6.28. The van der Waals surface area contributed by atoms with Gasteiger partial charge in [-0.05, 0) is 37.5 Å². The number of hydrogen-bond acceptors (Lipinski definition) is 2. The van der Waals surface area contributed by atoms with E-state index < -0.39 is 0 Å². The Morgan fingerprint density at radius 2 is 1.88 bits per heavy atom. The van der Waals surface area contributed by atoms with Crippen LogP contribution in [-0.2, 0) is 4.79 Å². The van der Waals surface area contributed by atoms with Gasteiger partial charge in [-0.2, -0.15) is 0 Å². The Bertz CT molecular complexity index is 225. The number of amides is 1. The fourth-order valence-electron chi connectivity index (χ4n) is 2.47. The van der Waals surface area contributed by atoms with E-state index in [4.69, 9.17) is 5.73 Å². The summed E-state index contributed by atoms with van der Waals surface area (Å²) >= 11 is 0. The summed E-state index contributed by atoms with van der Waals surface area (Å²) in [5.41, 5.74) is 5.92. The van der Waals surface area contributed by atoms with Crippen molar-refractivity contribution in [2.24, 2.45) is 17.6 Å². The Kier molecular flexibility index (Phi) is 5.56. The van der Waals surface area contributed by atoms with Crippen LogP contribution in [0.1, 0.15) is 44.9 Å². The van der Waals surface area contributed by atoms with Crippen molar-refractivity contribution in [1.82, 2.24) is 5.32 Å². The molecular weight excluding hydrogens is 224 g/mol. The van der Waals surface area contributed by atoms with E-state index in [0.717, 1.165) is 6.42 Å². The molecule has 1 unspecified atom stereocenters. The van der Waals surface area contributed by atoms with Crippen LogP contribution in [-0.4, -0.2) is 18.5 Å². The van der Waals surface area contributed by atoms with Crippen molar-refractivity contribution in [2.45, 2.75) is 51.0 Å². The van der Waals surface area contributed by atoms with Gasteiger partial charge in [-0.25, -0.2) is 0 Å². The molecule has 2 fully saturated rings. The summed E-state index contributed by atoms with van der Waals surface area (Å²) in [6, 6.07) is 0.192. The molecule has 16 heavy (non-hydrogen) atoms. The summed E-state index contributed by atoms with van der Waals surface area (Å²) in [7, 11) is 0. The highest BCUT2D eigenvalue weighted by Gasteiger charge is 2.28. The molecule has 4 heteroatoms. The van der Waals surface area contributed by atoms with Gasteiger partial charge in [0, 0.05) is 19.0 Å². The van der Waals surface area contributed by atoms with E-state index in [1.807, 2.05) is 0 Å². The first kappa shape index (κ1) is 13.8. The third kappa shape index (κ3) is 4.30. The van der Waals surface area contributed by atoms with Crippen molar-refractivity contribution in [3.8, 4) is 0 Å². The van der Waals surface area contributed by atoms with Gasteiger partial charge < -0.3 is 11.1 Å². The van der Waals surface area contributed by atoms with Crippen molar-refractivity contribution < 1.29 is 4.79 Å². The molecule has 94 valence electrons. The van der Waals surface area contributed by atoms with E-state index in [1.54, 1.807) is 0 Å². The Labute approximate surface area is 104 Å². The molecule has 1 amide bonds. The summed E-state index contributed by atoms with van der Waals surface area (Å²) in [5.74, 6) is 1.52. The maximum absolute atomic E-state index is 11.6. The van der Waals surface area contributed by atoms with E-state index in [2.05, 4.69) is 5.32 Å². The standard InChI is InChI=1S/C12H22N2O.ClH/c13-11(10-5-6-10)8-14-12(15)7-9-3-1-2-4-9;/h9-11H,1-8,13H2,(H,14,15);1H. The molecule has 2 aliphatic carbocycles. The molecule has 1 atom stereocenters. The van der Waals surface area contributed by atoms with Crippen LogP contribution in [0.15, 0.2) is 0 Å². The highest BCUT2D eigenvalue weighted by atomic mass is 35.5.